The van der Waals surface area contributed by atoms with Crippen LogP contribution in [0.2, 0.25) is 0 Å². The lowest BCUT2D eigenvalue weighted by Gasteiger charge is -2.35. The second kappa shape index (κ2) is 19.5. The minimum Gasteiger partial charge on any atom is -0.383 e. The van der Waals surface area contributed by atoms with E-state index in [1.165, 1.54) is 6.07 Å². The maximum atomic E-state index is 13.7. The minimum atomic E-state index is -1.05. The van der Waals surface area contributed by atoms with Gasteiger partial charge < -0.3 is 36.6 Å². The first kappa shape index (κ1) is 44.8. The van der Waals surface area contributed by atoms with Crippen LogP contribution >= 0.6 is 0 Å². The molecule has 7 N–H and O–H groups in total. The van der Waals surface area contributed by atoms with Gasteiger partial charge in [-0.05, 0) is 87.7 Å². The molecule has 7 rings (SSSR count). The lowest BCUT2D eigenvalue weighted by Crippen LogP contribution is -2.54. The van der Waals surface area contributed by atoms with E-state index in [2.05, 4.69) is 41.4 Å². The third-order valence-corrected chi connectivity index (χ3v) is 11.6. The number of aryl methyl sites for hydroxylation is 2. The van der Waals surface area contributed by atoms with Gasteiger partial charge in [-0.25, -0.2) is 4.98 Å². The number of anilines is 3. The summed E-state index contributed by atoms with van der Waals surface area (Å²) in [5, 5.41) is 22.7. The number of piperidine rings is 1. The van der Waals surface area contributed by atoms with Crippen molar-refractivity contribution in [2.45, 2.75) is 65.6 Å². The molecule has 5 heterocycles. The van der Waals surface area contributed by atoms with Gasteiger partial charge in [0.2, 0.25) is 17.7 Å². The van der Waals surface area contributed by atoms with Gasteiger partial charge in [-0.2, -0.15) is 0 Å². The second-order valence-electron chi connectivity index (χ2n) is 16.5. The summed E-state index contributed by atoms with van der Waals surface area (Å²) in [4.78, 5) is 102. The van der Waals surface area contributed by atoms with Crippen molar-refractivity contribution in [3.63, 3.8) is 0 Å². The van der Waals surface area contributed by atoms with Gasteiger partial charge >= 0.3 is 0 Å². The molecule has 2 fully saturated rings. The SMILES string of the molecule is Cc1cc(C)c(CNC(=O)c2cc(-c3ccc(N4CCN(CCC(=O)NCCNc5cccc6c5C(=O)N(C5CCC(=O)NC5=O)C6=O)CC4)nc3)cc(NC(C)C)c2C=N)c(=O)[nH]1. The summed E-state index contributed by atoms with van der Waals surface area (Å²) in [6.45, 7) is 11.7. The van der Waals surface area contributed by atoms with E-state index < -0.39 is 35.6 Å². The number of aromatic amines is 1. The zero-order valence-electron chi connectivity index (χ0n) is 36.4. The number of hydrogen-bond donors (Lipinski definition) is 7. The lowest BCUT2D eigenvalue weighted by molar-refractivity contribution is -0.136. The molecular formula is C46H53N11O7. The summed E-state index contributed by atoms with van der Waals surface area (Å²) in [6.07, 6.45) is 3.35. The fourth-order valence-electron chi connectivity index (χ4n) is 8.31. The number of H-pyrrole nitrogens is 1. The highest BCUT2D eigenvalue weighted by Crippen LogP contribution is 2.33. The number of pyridine rings is 2. The number of amides is 6. The number of benzene rings is 2. The molecule has 0 bridgehead atoms. The van der Waals surface area contributed by atoms with Crippen LogP contribution in [0.5, 0.6) is 0 Å². The molecule has 2 saturated heterocycles. The molecule has 6 amide bonds. The Hall–Kier alpha value is -7.21. The number of carbonyl (C=O) groups is 6. The highest BCUT2D eigenvalue weighted by atomic mass is 16.2. The Morgan fingerprint density at radius 3 is 2.39 bits per heavy atom. The zero-order chi connectivity index (χ0) is 45.7. The molecule has 1 unspecified atom stereocenters. The Balaban J connectivity index is 0.888. The fraction of sp³-hybridized carbons (Fsp3) is 0.370. The van der Waals surface area contributed by atoms with E-state index in [1.54, 1.807) is 31.3 Å². The summed E-state index contributed by atoms with van der Waals surface area (Å²) < 4.78 is 0. The zero-order valence-corrected chi connectivity index (χ0v) is 36.4. The predicted octanol–water partition coefficient (Wildman–Crippen LogP) is 2.94. The highest BCUT2D eigenvalue weighted by molar-refractivity contribution is 6.25. The van der Waals surface area contributed by atoms with E-state index in [1.807, 2.05) is 45.0 Å². The lowest BCUT2D eigenvalue weighted by atomic mass is 9.97. The molecule has 3 aliphatic rings. The van der Waals surface area contributed by atoms with Gasteiger partial charge in [0.25, 0.3) is 23.3 Å². The Labute approximate surface area is 370 Å². The number of nitrogens with one attached hydrogen (secondary N) is 7. The number of aromatic nitrogens is 2. The molecule has 1 atom stereocenters. The molecule has 2 aromatic carbocycles. The third-order valence-electron chi connectivity index (χ3n) is 11.6. The minimum absolute atomic E-state index is 0.0314. The first-order chi connectivity index (χ1) is 30.7. The van der Waals surface area contributed by atoms with Crippen LogP contribution in [0.4, 0.5) is 17.2 Å². The van der Waals surface area contributed by atoms with Gasteiger partial charge in [-0.15, -0.1) is 0 Å². The fourth-order valence-corrected chi connectivity index (χ4v) is 8.31. The van der Waals surface area contributed by atoms with Crippen LogP contribution in [0.15, 0.2) is 59.5 Å². The number of hydrogen-bond acceptors (Lipinski definition) is 13. The van der Waals surface area contributed by atoms with Crippen LogP contribution in [0, 0.1) is 19.3 Å². The van der Waals surface area contributed by atoms with E-state index in [9.17, 15) is 33.6 Å². The van der Waals surface area contributed by atoms with Crippen molar-refractivity contribution in [3.05, 3.63) is 104 Å². The van der Waals surface area contributed by atoms with E-state index in [-0.39, 0.29) is 54.6 Å². The van der Waals surface area contributed by atoms with Crippen molar-refractivity contribution in [2.24, 2.45) is 0 Å². The number of fused-ring (bicyclic) bond motifs is 1. The van der Waals surface area contributed by atoms with Crippen LogP contribution in [0.25, 0.3) is 11.1 Å². The molecular weight excluding hydrogens is 819 g/mol. The molecule has 0 saturated carbocycles. The molecule has 3 aliphatic heterocycles. The van der Waals surface area contributed by atoms with Gasteiger partial charge in [-0.3, -0.25) is 48.7 Å². The third kappa shape index (κ3) is 9.86. The van der Waals surface area contributed by atoms with Crippen molar-refractivity contribution >= 4 is 58.9 Å². The van der Waals surface area contributed by atoms with E-state index in [0.29, 0.717) is 60.7 Å². The largest absolute Gasteiger partial charge is 0.383 e. The molecule has 18 nitrogen and oxygen atoms in total. The summed E-state index contributed by atoms with van der Waals surface area (Å²) in [6, 6.07) is 13.2. The van der Waals surface area contributed by atoms with Gasteiger partial charge in [0.15, 0.2) is 0 Å². The van der Waals surface area contributed by atoms with Crippen molar-refractivity contribution < 1.29 is 28.8 Å². The monoisotopic (exact) mass is 871 g/mol. The summed E-state index contributed by atoms with van der Waals surface area (Å²) >= 11 is 0. The highest BCUT2D eigenvalue weighted by Gasteiger charge is 2.45. The average Bonchev–Trinajstić information content (AvgIpc) is 3.52. The maximum absolute atomic E-state index is 13.7. The molecule has 18 heteroatoms. The Bertz CT molecular complexity index is 2560. The van der Waals surface area contributed by atoms with E-state index >= 15 is 0 Å². The summed E-state index contributed by atoms with van der Waals surface area (Å²) in [7, 11) is 0. The Morgan fingerprint density at radius 2 is 1.70 bits per heavy atom. The molecule has 0 aliphatic carbocycles. The number of carbonyl (C=O) groups excluding carboxylic acids is 6. The number of imide groups is 2. The quantitative estimate of drug-likeness (QED) is 0.0489. The summed E-state index contributed by atoms with van der Waals surface area (Å²) in [5.74, 6) is -2.01. The molecule has 4 aromatic rings. The van der Waals surface area contributed by atoms with Crippen molar-refractivity contribution in [2.75, 3.05) is 61.3 Å². The summed E-state index contributed by atoms with van der Waals surface area (Å²) in [5.41, 5.74) is 5.42. The standard InChI is InChI=1S/C46H53N11O7/c1-26(2)52-36-22-30(21-32(33(36)23-47)42(60)51-25-34-27(3)20-28(4)53-43(34)61)29-8-10-38(50-24-29)56-18-16-55(17-19-56)15-12-39(58)49-14-13-48-35-7-5-6-31-41(35)46(64)57(45(31)63)37-9-11-40(59)54-44(37)62/h5-8,10,20-24,26,37,47-48,52H,9,11-19,25H2,1-4H3,(H,49,58)(H,51,60)(H,53,61)(H,54,59,62). The maximum Gasteiger partial charge on any atom is 0.264 e. The molecule has 0 spiro atoms. The van der Waals surface area contributed by atoms with E-state index in [0.717, 1.165) is 52.4 Å². The van der Waals surface area contributed by atoms with Crippen LogP contribution in [0.3, 0.4) is 0 Å². The van der Waals surface area contributed by atoms with Gasteiger partial charge in [-0.1, -0.05) is 6.07 Å². The van der Waals surface area contributed by atoms with Gasteiger partial charge in [0, 0.05) is 117 Å². The van der Waals surface area contributed by atoms with Crippen molar-refractivity contribution in [3.8, 4) is 11.1 Å². The number of rotatable bonds is 16. The van der Waals surface area contributed by atoms with E-state index in [4.69, 9.17) is 10.4 Å². The second-order valence-corrected chi connectivity index (χ2v) is 16.5. The molecule has 0 radical (unpaired) electrons. The average molecular weight is 872 g/mol. The van der Waals surface area contributed by atoms with Crippen molar-refractivity contribution in [1.82, 2.24) is 35.7 Å². The molecule has 2 aromatic heterocycles. The van der Waals surface area contributed by atoms with Crippen LogP contribution < -0.4 is 37.0 Å². The van der Waals surface area contributed by atoms with Gasteiger partial charge in [0.1, 0.15) is 11.9 Å². The number of piperazine rings is 1. The van der Waals surface area contributed by atoms with Crippen LogP contribution in [-0.4, -0.2) is 119 Å². The van der Waals surface area contributed by atoms with Crippen LogP contribution in [-0.2, 0) is 20.9 Å². The molecule has 334 valence electrons. The molecule has 64 heavy (non-hydrogen) atoms. The van der Waals surface area contributed by atoms with Crippen LogP contribution in [0.1, 0.15) is 86.6 Å². The Morgan fingerprint density at radius 1 is 0.922 bits per heavy atom. The Kier molecular flexibility index (Phi) is 13.6. The predicted molar refractivity (Wildman–Crippen MR) is 242 cm³/mol. The topological polar surface area (TPSA) is 242 Å². The van der Waals surface area contributed by atoms with Crippen molar-refractivity contribution in [1.29, 1.82) is 5.41 Å². The first-order valence-corrected chi connectivity index (χ1v) is 21.4. The first-order valence-electron chi connectivity index (χ1n) is 21.4. The smallest absolute Gasteiger partial charge is 0.264 e. The van der Waals surface area contributed by atoms with Gasteiger partial charge in [0.05, 0.1) is 16.7 Å². The normalized spacial score (nSPS) is 16.4. The number of nitrogens with zero attached hydrogens (tertiary/aromatic N) is 4.